The molecule has 4 rings (SSSR count). The highest BCUT2D eigenvalue weighted by molar-refractivity contribution is 5.68. The number of benzene rings is 1. The normalized spacial score (nSPS) is 12.0. The summed E-state index contributed by atoms with van der Waals surface area (Å²) in [5.41, 5.74) is 9.07. The van der Waals surface area contributed by atoms with E-state index in [1.807, 2.05) is 36.4 Å². The van der Waals surface area contributed by atoms with Crippen LogP contribution in [0.3, 0.4) is 0 Å². The molecule has 7 nitrogen and oxygen atoms in total. The topological polar surface area (TPSA) is 91.3 Å². The van der Waals surface area contributed by atoms with E-state index in [9.17, 15) is 9.18 Å². The number of hydrogen-bond donors (Lipinski definition) is 1. The molecule has 0 saturated heterocycles. The zero-order chi connectivity index (χ0) is 18.8. The second-order valence-corrected chi connectivity index (χ2v) is 5.98. The van der Waals surface area contributed by atoms with Crippen LogP contribution in [0.15, 0.2) is 76.0 Å². The van der Waals surface area contributed by atoms with Gasteiger partial charge in [-0.1, -0.05) is 35.5 Å². The van der Waals surface area contributed by atoms with Crippen molar-refractivity contribution in [3.05, 3.63) is 77.2 Å². The molecule has 0 aliphatic rings. The van der Waals surface area contributed by atoms with E-state index in [1.165, 1.54) is 15.3 Å². The second-order valence-electron chi connectivity index (χ2n) is 5.98. The number of nitrogens with two attached hydrogens (primary N) is 1. The van der Waals surface area contributed by atoms with E-state index in [1.54, 1.807) is 12.1 Å². The summed E-state index contributed by atoms with van der Waals surface area (Å²) in [4.78, 5) is 12.8. The first-order valence-electron chi connectivity index (χ1n) is 8.29. The summed E-state index contributed by atoms with van der Waals surface area (Å²) in [6, 6.07) is 14.8. The van der Waals surface area contributed by atoms with Gasteiger partial charge in [-0.15, -0.1) is 5.10 Å². The first kappa shape index (κ1) is 16.9. The summed E-state index contributed by atoms with van der Waals surface area (Å²) < 4.78 is 20.4. The maximum absolute atomic E-state index is 12.8. The van der Waals surface area contributed by atoms with Gasteiger partial charge in [-0.05, 0) is 23.3 Å². The molecule has 0 aliphatic heterocycles. The minimum Gasteiger partial charge on any atom is -0.364 e. The van der Waals surface area contributed by atoms with E-state index in [0.717, 1.165) is 16.8 Å². The fourth-order valence-corrected chi connectivity index (χ4v) is 2.90. The minimum atomic E-state index is -0.353. The SMILES string of the molecule is NC/C(=C\F)Cn1nc2cccc(-c3ccc(-c4ccon4)cc3)n2c1=O. The van der Waals surface area contributed by atoms with Crippen LogP contribution < -0.4 is 11.4 Å². The Morgan fingerprint density at radius 1 is 1.15 bits per heavy atom. The summed E-state index contributed by atoms with van der Waals surface area (Å²) in [5.74, 6) is 0. The van der Waals surface area contributed by atoms with Crippen LogP contribution >= 0.6 is 0 Å². The van der Waals surface area contributed by atoms with Crippen molar-refractivity contribution in [3.8, 4) is 22.5 Å². The third-order valence-electron chi connectivity index (χ3n) is 4.29. The molecule has 27 heavy (non-hydrogen) atoms. The zero-order valence-electron chi connectivity index (χ0n) is 14.2. The van der Waals surface area contributed by atoms with Crippen LogP contribution in [0.25, 0.3) is 28.2 Å². The average molecular weight is 365 g/mol. The molecule has 1 aromatic carbocycles. The molecule has 8 heteroatoms. The minimum absolute atomic E-state index is 0.0120. The molecule has 0 amide bonds. The van der Waals surface area contributed by atoms with Gasteiger partial charge in [0.25, 0.3) is 0 Å². The van der Waals surface area contributed by atoms with Crippen molar-refractivity contribution in [3.63, 3.8) is 0 Å². The number of fused-ring (bicyclic) bond motifs is 1. The van der Waals surface area contributed by atoms with Gasteiger partial charge >= 0.3 is 5.69 Å². The Kier molecular flexibility index (Phi) is 4.39. The molecule has 2 N–H and O–H groups in total. The Bertz CT molecular complexity index is 1160. The van der Waals surface area contributed by atoms with Gasteiger partial charge in [0.15, 0.2) is 5.65 Å². The van der Waals surface area contributed by atoms with Crippen molar-refractivity contribution in [2.45, 2.75) is 6.54 Å². The van der Waals surface area contributed by atoms with Crippen molar-refractivity contribution in [2.24, 2.45) is 5.73 Å². The smallest absolute Gasteiger partial charge is 0.351 e. The quantitative estimate of drug-likeness (QED) is 0.587. The molecule has 0 fully saturated rings. The van der Waals surface area contributed by atoms with Crippen LogP contribution in [0.4, 0.5) is 4.39 Å². The molecule has 3 heterocycles. The summed E-state index contributed by atoms with van der Waals surface area (Å²) in [5, 5.41) is 8.18. The fourth-order valence-electron chi connectivity index (χ4n) is 2.90. The molecular formula is C19H16FN5O2. The summed E-state index contributed by atoms with van der Waals surface area (Å²) in [7, 11) is 0. The van der Waals surface area contributed by atoms with E-state index in [4.69, 9.17) is 10.3 Å². The lowest BCUT2D eigenvalue weighted by Crippen LogP contribution is -2.24. The third kappa shape index (κ3) is 3.06. The molecule has 0 spiro atoms. The number of pyridine rings is 1. The molecule has 0 saturated carbocycles. The Hall–Kier alpha value is -3.52. The maximum Gasteiger partial charge on any atom is 0.351 e. The van der Waals surface area contributed by atoms with Gasteiger partial charge in [-0.3, -0.25) is 0 Å². The van der Waals surface area contributed by atoms with Crippen molar-refractivity contribution >= 4 is 5.65 Å². The molecule has 0 atom stereocenters. The number of rotatable bonds is 5. The van der Waals surface area contributed by atoms with Gasteiger partial charge in [0, 0.05) is 18.2 Å². The van der Waals surface area contributed by atoms with E-state index in [2.05, 4.69) is 10.3 Å². The largest absolute Gasteiger partial charge is 0.364 e. The van der Waals surface area contributed by atoms with Gasteiger partial charge in [-0.25, -0.2) is 18.3 Å². The maximum atomic E-state index is 12.8. The van der Waals surface area contributed by atoms with E-state index >= 15 is 0 Å². The monoisotopic (exact) mass is 365 g/mol. The third-order valence-corrected chi connectivity index (χ3v) is 4.29. The Labute approximate surface area is 153 Å². The lowest BCUT2D eigenvalue weighted by Gasteiger charge is -2.05. The predicted molar refractivity (Wildman–Crippen MR) is 98.6 cm³/mol. The average Bonchev–Trinajstić information content (AvgIpc) is 3.35. The van der Waals surface area contributed by atoms with Crippen LogP contribution in [-0.2, 0) is 6.54 Å². The molecule has 3 aromatic heterocycles. The predicted octanol–water partition coefficient (Wildman–Crippen LogP) is 2.63. The first-order valence-corrected chi connectivity index (χ1v) is 8.29. The lowest BCUT2D eigenvalue weighted by atomic mass is 10.1. The summed E-state index contributed by atoms with van der Waals surface area (Å²) in [6.07, 6.45) is 1.93. The molecule has 0 aliphatic carbocycles. The molecule has 0 radical (unpaired) electrons. The Balaban J connectivity index is 1.78. The van der Waals surface area contributed by atoms with Crippen LogP contribution in [0, 0.1) is 0 Å². The highest BCUT2D eigenvalue weighted by Crippen LogP contribution is 2.24. The van der Waals surface area contributed by atoms with Gasteiger partial charge in [-0.2, -0.15) is 0 Å². The number of nitrogens with zero attached hydrogens (tertiary/aromatic N) is 4. The first-order chi connectivity index (χ1) is 13.2. The standard InChI is InChI=1S/C19H16FN5O2/c20-10-13(11-21)12-24-19(26)25-17(2-1-3-18(25)22-24)15-6-4-14(5-7-15)16-8-9-27-23-16/h1-10H,11-12,21H2/b13-10+. The van der Waals surface area contributed by atoms with Gasteiger partial charge < -0.3 is 10.3 Å². The van der Waals surface area contributed by atoms with Crippen LogP contribution in [-0.4, -0.2) is 25.9 Å². The van der Waals surface area contributed by atoms with E-state index < -0.39 is 0 Å². The lowest BCUT2D eigenvalue weighted by molar-refractivity contribution is 0.422. The van der Waals surface area contributed by atoms with Gasteiger partial charge in [0.05, 0.1) is 18.6 Å². The summed E-state index contributed by atoms with van der Waals surface area (Å²) in [6.45, 7) is 0.0330. The van der Waals surface area contributed by atoms with Crippen molar-refractivity contribution < 1.29 is 8.91 Å². The van der Waals surface area contributed by atoms with E-state index in [0.29, 0.717) is 23.2 Å². The van der Waals surface area contributed by atoms with Crippen molar-refractivity contribution in [1.82, 2.24) is 19.3 Å². The summed E-state index contributed by atoms with van der Waals surface area (Å²) >= 11 is 0. The molecular weight excluding hydrogens is 349 g/mol. The zero-order valence-corrected chi connectivity index (χ0v) is 14.2. The fraction of sp³-hybridized carbons (Fsp3) is 0.105. The molecule has 136 valence electrons. The Morgan fingerprint density at radius 2 is 1.93 bits per heavy atom. The van der Waals surface area contributed by atoms with Crippen LogP contribution in [0.1, 0.15) is 0 Å². The van der Waals surface area contributed by atoms with Crippen molar-refractivity contribution in [1.29, 1.82) is 0 Å². The molecule has 4 aromatic rings. The number of hydrogen-bond acceptors (Lipinski definition) is 5. The molecule has 0 bridgehead atoms. The Morgan fingerprint density at radius 3 is 2.59 bits per heavy atom. The second kappa shape index (κ2) is 7.00. The highest BCUT2D eigenvalue weighted by atomic mass is 19.1. The number of aromatic nitrogens is 4. The number of halogens is 1. The van der Waals surface area contributed by atoms with Crippen molar-refractivity contribution in [2.75, 3.05) is 6.54 Å². The van der Waals surface area contributed by atoms with Crippen LogP contribution in [0.2, 0.25) is 0 Å². The molecule has 0 unspecified atom stereocenters. The highest BCUT2D eigenvalue weighted by Gasteiger charge is 2.13. The van der Waals surface area contributed by atoms with E-state index in [-0.39, 0.29) is 18.8 Å². The van der Waals surface area contributed by atoms with Gasteiger partial charge in [0.1, 0.15) is 12.0 Å². The van der Waals surface area contributed by atoms with Gasteiger partial charge in [0.2, 0.25) is 0 Å². The van der Waals surface area contributed by atoms with Crippen LogP contribution in [0.5, 0.6) is 0 Å².